The smallest absolute Gasteiger partial charge is 0.209 e. The first-order valence-electron chi connectivity index (χ1n) is 7.73. The summed E-state index contributed by atoms with van der Waals surface area (Å²) in [5.41, 5.74) is 3.65. The Morgan fingerprint density at radius 2 is 1.96 bits per heavy atom. The van der Waals surface area contributed by atoms with Crippen LogP contribution in [0.1, 0.15) is 21.7 Å². The zero-order chi connectivity index (χ0) is 18.0. The van der Waals surface area contributed by atoms with Gasteiger partial charge in [0.2, 0.25) is 5.16 Å². The predicted octanol–water partition coefficient (Wildman–Crippen LogP) is 2.60. The van der Waals surface area contributed by atoms with Gasteiger partial charge in [-0.25, -0.2) is 4.68 Å². The average Bonchev–Trinajstić information content (AvgIpc) is 3.15. The van der Waals surface area contributed by atoms with Crippen molar-refractivity contribution in [2.45, 2.75) is 19.0 Å². The van der Waals surface area contributed by atoms with E-state index in [1.807, 2.05) is 44.2 Å². The SMILES string of the molecule is COc1ccc(-n2c(C)cc(C(=O)CSc3nnnn3C)c2C)cc1. The van der Waals surface area contributed by atoms with E-state index in [-0.39, 0.29) is 5.78 Å². The lowest BCUT2D eigenvalue weighted by molar-refractivity contribution is 0.102. The molecule has 0 bridgehead atoms. The quantitative estimate of drug-likeness (QED) is 0.499. The number of ketones is 1. The molecule has 0 aliphatic heterocycles. The van der Waals surface area contributed by atoms with Crippen molar-refractivity contribution in [3.8, 4) is 11.4 Å². The predicted molar refractivity (Wildman–Crippen MR) is 95.6 cm³/mol. The molecule has 0 unspecified atom stereocenters. The van der Waals surface area contributed by atoms with Crippen molar-refractivity contribution in [3.05, 3.63) is 47.3 Å². The molecular formula is C17H19N5O2S. The van der Waals surface area contributed by atoms with Gasteiger partial charge in [-0.15, -0.1) is 5.10 Å². The van der Waals surface area contributed by atoms with Crippen molar-refractivity contribution in [2.75, 3.05) is 12.9 Å². The Bertz CT molecular complexity index is 898. The van der Waals surface area contributed by atoms with E-state index in [1.165, 1.54) is 11.8 Å². The monoisotopic (exact) mass is 357 g/mol. The fourth-order valence-corrected chi connectivity index (χ4v) is 3.46. The number of benzene rings is 1. The first kappa shape index (κ1) is 17.2. The Balaban J connectivity index is 1.83. The van der Waals surface area contributed by atoms with Crippen LogP contribution in [0.15, 0.2) is 35.5 Å². The van der Waals surface area contributed by atoms with Crippen molar-refractivity contribution in [2.24, 2.45) is 7.05 Å². The summed E-state index contributed by atoms with van der Waals surface area (Å²) in [6, 6.07) is 9.71. The van der Waals surface area contributed by atoms with Crippen LogP contribution in [-0.2, 0) is 7.05 Å². The van der Waals surface area contributed by atoms with E-state index < -0.39 is 0 Å². The number of aromatic nitrogens is 5. The molecule has 8 heteroatoms. The molecule has 130 valence electrons. The van der Waals surface area contributed by atoms with E-state index in [0.717, 1.165) is 28.4 Å². The number of methoxy groups -OCH3 is 1. The third-order valence-electron chi connectivity index (χ3n) is 3.98. The first-order valence-corrected chi connectivity index (χ1v) is 8.71. The summed E-state index contributed by atoms with van der Waals surface area (Å²) in [4.78, 5) is 12.6. The minimum Gasteiger partial charge on any atom is -0.497 e. The van der Waals surface area contributed by atoms with Gasteiger partial charge in [0.25, 0.3) is 0 Å². The molecule has 3 rings (SSSR count). The lowest BCUT2D eigenvalue weighted by atomic mass is 10.2. The molecule has 25 heavy (non-hydrogen) atoms. The van der Waals surface area contributed by atoms with Crippen LogP contribution in [0, 0.1) is 13.8 Å². The molecule has 0 saturated carbocycles. The number of hydrogen-bond acceptors (Lipinski definition) is 6. The van der Waals surface area contributed by atoms with Gasteiger partial charge in [-0.05, 0) is 54.6 Å². The molecule has 0 radical (unpaired) electrons. The summed E-state index contributed by atoms with van der Waals surface area (Å²) in [6.07, 6.45) is 0. The number of rotatable bonds is 6. The summed E-state index contributed by atoms with van der Waals surface area (Å²) < 4.78 is 8.83. The largest absolute Gasteiger partial charge is 0.497 e. The van der Waals surface area contributed by atoms with Gasteiger partial charge < -0.3 is 9.30 Å². The number of nitrogens with zero attached hydrogens (tertiary/aromatic N) is 5. The zero-order valence-electron chi connectivity index (χ0n) is 14.6. The Kier molecular flexibility index (Phi) is 4.89. The van der Waals surface area contributed by atoms with Crippen LogP contribution in [0.2, 0.25) is 0 Å². The van der Waals surface area contributed by atoms with Gasteiger partial charge in [-0.1, -0.05) is 11.8 Å². The van der Waals surface area contributed by atoms with E-state index in [0.29, 0.717) is 10.9 Å². The number of tetrazole rings is 1. The molecule has 0 spiro atoms. The minimum atomic E-state index is 0.0564. The molecule has 2 heterocycles. The number of Topliss-reactive ketones (excluding diaryl/α,β-unsaturated/α-hetero) is 1. The summed E-state index contributed by atoms with van der Waals surface area (Å²) in [6.45, 7) is 3.95. The maximum Gasteiger partial charge on any atom is 0.209 e. The summed E-state index contributed by atoms with van der Waals surface area (Å²) >= 11 is 1.33. The van der Waals surface area contributed by atoms with Crippen molar-refractivity contribution < 1.29 is 9.53 Å². The van der Waals surface area contributed by atoms with Gasteiger partial charge in [0.05, 0.1) is 12.9 Å². The van der Waals surface area contributed by atoms with Gasteiger partial charge in [0.1, 0.15) is 5.75 Å². The van der Waals surface area contributed by atoms with Crippen LogP contribution in [0.4, 0.5) is 0 Å². The van der Waals surface area contributed by atoms with E-state index >= 15 is 0 Å². The summed E-state index contributed by atoms with van der Waals surface area (Å²) in [7, 11) is 3.39. The van der Waals surface area contributed by atoms with E-state index in [4.69, 9.17) is 4.74 Å². The molecule has 0 aliphatic rings. The highest BCUT2D eigenvalue weighted by Crippen LogP contribution is 2.24. The highest BCUT2D eigenvalue weighted by atomic mass is 32.2. The second-order valence-electron chi connectivity index (χ2n) is 5.62. The number of aryl methyl sites for hydroxylation is 2. The average molecular weight is 357 g/mol. The van der Waals surface area contributed by atoms with Crippen LogP contribution < -0.4 is 4.74 Å². The molecule has 1 aromatic carbocycles. The van der Waals surface area contributed by atoms with E-state index in [9.17, 15) is 4.79 Å². The number of carbonyl (C=O) groups is 1. The van der Waals surface area contributed by atoms with Crippen LogP contribution in [0.3, 0.4) is 0 Å². The van der Waals surface area contributed by atoms with Gasteiger partial charge >= 0.3 is 0 Å². The van der Waals surface area contributed by atoms with Gasteiger partial charge in [0.15, 0.2) is 5.78 Å². The number of ether oxygens (including phenoxy) is 1. The highest BCUT2D eigenvalue weighted by Gasteiger charge is 2.18. The molecule has 7 nitrogen and oxygen atoms in total. The molecule has 0 N–H and O–H groups in total. The molecule has 0 aliphatic carbocycles. The maximum atomic E-state index is 12.6. The molecule has 0 amide bonds. The summed E-state index contributed by atoms with van der Waals surface area (Å²) in [5, 5.41) is 11.9. The molecular weight excluding hydrogens is 338 g/mol. The van der Waals surface area contributed by atoms with Crippen molar-refractivity contribution in [3.63, 3.8) is 0 Å². The lowest BCUT2D eigenvalue weighted by Gasteiger charge is -2.10. The van der Waals surface area contributed by atoms with Gasteiger partial charge in [-0.3, -0.25) is 4.79 Å². The Morgan fingerprint density at radius 3 is 2.56 bits per heavy atom. The molecule has 3 aromatic rings. The normalized spacial score (nSPS) is 10.9. The third-order valence-corrected chi connectivity index (χ3v) is 4.99. The van der Waals surface area contributed by atoms with Gasteiger partial charge in [0, 0.05) is 29.7 Å². The van der Waals surface area contributed by atoms with E-state index in [1.54, 1.807) is 18.8 Å². The number of hydrogen-bond donors (Lipinski definition) is 0. The Hall–Kier alpha value is -2.61. The number of thioether (sulfide) groups is 1. The third kappa shape index (κ3) is 3.43. The zero-order valence-corrected chi connectivity index (χ0v) is 15.4. The van der Waals surface area contributed by atoms with Crippen LogP contribution in [-0.4, -0.2) is 43.4 Å². The standard InChI is InChI=1S/C17H19N5O2S/c1-11-9-15(16(23)10-25-17-18-19-20-21(17)3)12(2)22(11)13-5-7-14(24-4)8-6-13/h5-9H,10H2,1-4H3. The van der Waals surface area contributed by atoms with Crippen LogP contribution in [0.25, 0.3) is 5.69 Å². The van der Waals surface area contributed by atoms with Crippen molar-refractivity contribution in [1.82, 2.24) is 24.8 Å². The first-order chi connectivity index (χ1) is 12.0. The highest BCUT2D eigenvalue weighted by molar-refractivity contribution is 7.99. The maximum absolute atomic E-state index is 12.6. The topological polar surface area (TPSA) is 74.8 Å². The molecule has 0 atom stereocenters. The fraction of sp³-hybridized carbons (Fsp3) is 0.294. The minimum absolute atomic E-state index is 0.0564. The molecule has 0 fully saturated rings. The molecule has 2 aromatic heterocycles. The second-order valence-corrected chi connectivity index (χ2v) is 6.56. The summed E-state index contributed by atoms with van der Waals surface area (Å²) in [5.74, 6) is 1.15. The number of carbonyl (C=O) groups excluding carboxylic acids is 1. The molecule has 0 saturated heterocycles. The van der Waals surface area contributed by atoms with Crippen LogP contribution >= 0.6 is 11.8 Å². The van der Waals surface area contributed by atoms with Crippen LogP contribution in [0.5, 0.6) is 5.75 Å². The van der Waals surface area contributed by atoms with E-state index in [2.05, 4.69) is 20.1 Å². The van der Waals surface area contributed by atoms with Crippen molar-refractivity contribution in [1.29, 1.82) is 0 Å². The second kappa shape index (κ2) is 7.10. The lowest BCUT2D eigenvalue weighted by Crippen LogP contribution is -2.06. The Labute approximate surface area is 150 Å². The fourth-order valence-electron chi connectivity index (χ4n) is 2.73. The van der Waals surface area contributed by atoms with Gasteiger partial charge in [-0.2, -0.15) is 0 Å². The van der Waals surface area contributed by atoms with Crippen molar-refractivity contribution >= 4 is 17.5 Å². The Morgan fingerprint density at radius 1 is 1.24 bits per heavy atom.